The van der Waals surface area contributed by atoms with Crippen molar-refractivity contribution >= 4 is 11.9 Å². The zero-order valence-electron chi connectivity index (χ0n) is 11.3. The van der Waals surface area contributed by atoms with Crippen molar-refractivity contribution < 1.29 is 19.8 Å². The molecule has 2 rings (SSSR count). The van der Waals surface area contributed by atoms with Crippen LogP contribution >= 0.6 is 0 Å². The molecule has 2 N–H and O–H groups in total. The summed E-state index contributed by atoms with van der Waals surface area (Å²) < 4.78 is 0. The van der Waals surface area contributed by atoms with E-state index in [0.717, 1.165) is 11.3 Å². The average molecular weight is 288 g/mol. The Balaban J connectivity index is 0.000000211. The first-order chi connectivity index (χ1) is 10.1. The maximum absolute atomic E-state index is 10.1. The van der Waals surface area contributed by atoms with Gasteiger partial charge in [-0.2, -0.15) is 0 Å². The van der Waals surface area contributed by atoms with Crippen molar-refractivity contribution in [3.8, 4) is 0 Å². The zero-order valence-corrected chi connectivity index (χ0v) is 11.3. The third-order valence-corrected chi connectivity index (χ3v) is 2.43. The molecule has 6 heteroatoms. The van der Waals surface area contributed by atoms with E-state index in [1.54, 1.807) is 30.7 Å². The maximum Gasteiger partial charge on any atom is 0.307 e. The molecule has 110 valence electrons. The van der Waals surface area contributed by atoms with Gasteiger partial charge in [0.25, 0.3) is 0 Å². The second-order valence-electron chi connectivity index (χ2n) is 4.14. The number of hydrogen-bond acceptors (Lipinski definition) is 4. The van der Waals surface area contributed by atoms with E-state index in [4.69, 9.17) is 10.2 Å². The van der Waals surface area contributed by atoms with Crippen LogP contribution < -0.4 is 0 Å². The molecule has 0 radical (unpaired) electrons. The van der Waals surface area contributed by atoms with Crippen molar-refractivity contribution in [3.05, 3.63) is 60.2 Å². The van der Waals surface area contributed by atoms with Crippen LogP contribution in [-0.2, 0) is 22.4 Å². The van der Waals surface area contributed by atoms with E-state index in [2.05, 4.69) is 9.97 Å². The molecule has 2 aromatic heterocycles. The predicted octanol–water partition coefficient (Wildman–Crippen LogP) is 1.81. The molecular weight excluding hydrogens is 272 g/mol. The fourth-order valence-electron chi connectivity index (χ4n) is 1.46. The third-order valence-electron chi connectivity index (χ3n) is 2.43. The molecule has 6 nitrogen and oxygen atoms in total. The van der Waals surface area contributed by atoms with Gasteiger partial charge in [0.1, 0.15) is 0 Å². The minimum atomic E-state index is -0.814. The number of nitrogens with zero attached hydrogens (tertiary/aromatic N) is 2. The number of hydrogen-bond donors (Lipinski definition) is 2. The number of carbonyl (C=O) groups is 2. The smallest absolute Gasteiger partial charge is 0.307 e. The number of carboxylic acid groups (broad SMARTS) is 2. The standard InChI is InChI=1S/C8H9NO2.C7H7NO2/c10-8(11)5-4-7-3-1-2-6-9-7;9-7(10)5-6-1-3-8-4-2-6/h1-3,6H,4-5H2,(H,10,11);1-4H,5H2,(H,9,10). The summed E-state index contributed by atoms with van der Waals surface area (Å²) in [5, 5.41) is 16.7. The average Bonchev–Trinajstić information content (AvgIpc) is 2.47. The van der Waals surface area contributed by atoms with Crippen molar-refractivity contribution in [2.45, 2.75) is 19.3 Å². The van der Waals surface area contributed by atoms with Crippen LogP contribution in [0.25, 0.3) is 0 Å². The van der Waals surface area contributed by atoms with Crippen LogP contribution in [0.15, 0.2) is 48.9 Å². The first kappa shape index (κ1) is 16.3. The summed E-state index contributed by atoms with van der Waals surface area (Å²) in [7, 11) is 0. The molecule has 0 saturated heterocycles. The molecular formula is C15H16N2O4. The molecule has 0 unspecified atom stereocenters. The molecule has 2 aromatic rings. The first-order valence-electron chi connectivity index (χ1n) is 6.30. The Kier molecular flexibility index (Phi) is 7.13. The van der Waals surface area contributed by atoms with E-state index in [-0.39, 0.29) is 12.8 Å². The van der Waals surface area contributed by atoms with Crippen LogP contribution in [0.5, 0.6) is 0 Å². The molecule has 0 aliphatic carbocycles. The van der Waals surface area contributed by atoms with Crippen LogP contribution in [0.4, 0.5) is 0 Å². The normalized spacial score (nSPS) is 9.33. The van der Waals surface area contributed by atoms with E-state index in [9.17, 15) is 9.59 Å². The van der Waals surface area contributed by atoms with Crippen molar-refractivity contribution in [3.63, 3.8) is 0 Å². The van der Waals surface area contributed by atoms with Crippen LogP contribution in [0.3, 0.4) is 0 Å². The number of aryl methyl sites for hydroxylation is 1. The van der Waals surface area contributed by atoms with Crippen LogP contribution in [0, 0.1) is 0 Å². The summed E-state index contributed by atoms with van der Waals surface area (Å²) in [6.07, 6.45) is 5.56. The highest BCUT2D eigenvalue weighted by Crippen LogP contribution is 1.97. The fourth-order valence-corrected chi connectivity index (χ4v) is 1.46. The summed E-state index contributed by atoms with van der Waals surface area (Å²) in [4.78, 5) is 28.0. The van der Waals surface area contributed by atoms with E-state index in [0.29, 0.717) is 6.42 Å². The predicted molar refractivity (Wildman–Crippen MR) is 75.8 cm³/mol. The SMILES string of the molecule is O=C(O)CCc1ccccn1.O=C(O)Cc1ccncc1. The molecule has 0 aliphatic rings. The van der Waals surface area contributed by atoms with Crippen LogP contribution in [-0.4, -0.2) is 32.1 Å². The molecule has 0 atom stereocenters. The van der Waals surface area contributed by atoms with Crippen molar-refractivity contribution in [1.82, 2.24) is 9.97 Å². The highest BCUT2D eigenvalue weighted by Gasteiger charge is 1.98. The zero-order chi connectivity index (χ0) is 15.5. The van der Waals surface area contributed by atoms with E-state index in [1.165, 1.54) is 0 Å². The third kappa shape index (κ3) is 8.10. The number of carboxylic acids is 2. The largest absolute Gasteiger partial charge is 0.481 e. The molecule has 0 aromatic carbocycles. The van der Waals surface area contributed by atoms with Gasteiger partial charge in [-0.3, -0.25) is 19.6 Å². The lowest BCUT2D eigenvalue weighted by Crippen LogP contribution is -1.99. The van der Waals surface area contributed by atoms with Crippen LogP contribution in [0.2, 0.25) is 0 Å². The van der Waals surface area contributed by atoms with Gasteiger partial charge >= 0.3 is 11.9 Å². The first-order valence-corrected chi connectivity index (χ1v) is 6.30. The molecule has 0 amide bonds. The van der Waals surface area contributed by atoms with Gasteiger partial charge in [-0.1, -0.05) is 6.07 Å². The van der Waals surface area contributed by atoms with Crippen molar-refractivity contribution in [2.75, 3.05) is 0 Å². The Morgan fingerprint density at radius 2 is 1.67 bits per heavy atom. The molecule has 21 heavy (non-hydrogen) atoms. The van der Waals surface area contributed by atoms with E-state index < -0.39 is 11.9 Å². The number of aromatic nitrogens is 2. The molecule has 0 saturated carbocycles. The summed E-state index contributed by atoms with van der Waals surface area (Å²) >= 11 is 0. The number of aliphatic carboxylic acids is 2. The van der Waals surface area contributed by atoms with Gasteiger partial charge in [0, 0.05) is 30.7 Å². The second kappa shape index (κ2) is 9.19. The van der Waals surface area contributed by atoms with Gasteiger partial charge in [0.2, 0.25) is 0 Å². The minimum Gasteiger partial charge on any atom is -0.481 e. The Hall–Kier alpha value is -2.76. The van der Waals surface area contributed by atoms with Crippen LogP contribution in [0.1, 0.15) is 17.7 Å². The highest BCUT2D eigenvalue weighted by molar-refractivity contribution is 5.70. The van der Waals surface area contributed by atoms with E-state index >= 15 is 0 Å². The lowest BCUT2D eigenvalue weighted by Gasteiger charge is -1.94. The Bertz CT molecular complexity index is 558. The van der Waals surface area contributed by atoms with Gasteiger partial charge in [-0.25, -0.2) is 0 Å². The van der Waals surface area contributed by atoms with E-state index in [1.807, 2.05) is 18.2 Å². The summed E-state index contributed by atoms with van der Waals surface area (Å²) in [5.41, 5.74) is 1.61. The number of pyridine rings is 2. The second-order valence-corrected chi connectivity index (χ2v) is 4.14. The molecule has 0 spiro atoms. The number of rotatable bonds is 5. The maximum atomic E-state index is 10.1. The minimum absolute atomic E-state index is 0.0719. The van der Waals surface area contributed by atoms with Gasteiger partial charge in [-0.15, -0.1) is 0 Å². The Labute approximate surface area is 122 Å². The molecule has 0 fully saturated rings. The van der Waals surface area contributed by atoms with Gasteiger partial charge in [0.05, 0.1) is 12.8 Å². The quantitative estimate of drug-likeness (QED) is 0.870. The summed E-state index contributed by atoms with van der Waals surface area (Å²) in [6, 6.07) is 8.86. The molecule has 0 aliphatic heterocycles. The summed E-state index contributed by atoms with van der Waals surface area (Å²) in [6.45, 7) is 0. The van der Waals surface area contributed by atoms with Gasteiger partial charge in [-0.05, 0) is 29.8 Å². The lowest BCUT2D eigenvalue weighted by atomic mass is 10.2. The fraction of sp³-hybridized carbons (Fsp3) is 0.200. The van der Waals surface area contributed by atoms with Crippen molar-refractivity contribution in [1.29, 1.82) is 0 Å². The Morgan fingerprint density at radius 1 is 0.952 bits per heavy atom. The van der Waals surface area contributed by atoms with Gasteiger partial charge < -0.3 is 10.2 Å². The summed E-state index contributed by atoms with van der Waals surface area (Å²) in [5.74, 6) is -1.60. The molecule has 2 heterocycles. The van der Waals surface area contributed by atoms with Crippen molar-refractivity contribution in [2.24, 2.45) is 0 Å². The topological polar surface area (TPSA) is 100 Å². The van der Waals surface area contributed by atoms with Gasteiger partial charge in [0.15, 0.2) is 0 Å². The lowest BCUT2D eigenvalue weighted by molar-refractivity contribution is -0.137. The molecule has 0 bridgehead atoms. The highest BCUT2D eigenvalue weighted by atomic mass is 16.4. The Morgan fingerprint density at radius 3 is 2.19 bits per heavy atom. The monoisotopic (exact) mass is 288 g/mol.